The van der Waals surface area contributed by atoms with Gasteiger partial charge in [0, 0.05) is 18.6 Å². The van der Waals surface area contributed by atoms with Crippen LogP contribution < -0.4 is 16.4 Å². The molecule has 0 rings (SSSR count). The van der Waals surface area contributed by atoms with Gasteiger partial charge in [-0.25, -0.2) is 13.6 Å². The first kappa shape index (κ1) is 17.1. The number of nitrogens with two attached hydrogens (primary N) is 1. The van der Waals surface area contributed by atoms with E-state index in [-0.39, 0.29) is 6.54 Å². The van der Waals surface area contributed by atoms with Crippen LogP contribution in [0.15, 0.2) is 0 Å². The van der Waals surface area contributed by atoms with Crippen LogP contribution in [0.25, 0.3) is 0 Å². The average molecular weight is 267 g/mol. The Balaban J connectivity index is 4.18. The van der Waals surface area contributed by atoms with Gasteiger partial charge in [-0.3, -0.25) is 0 Å². The maximum Gasteiger partial charge on any atom is 0.407 e. The van der Waals surface area contributed by atoms with Crippen LogP contribution in [0.5, 0.6) is 0 Å². The number of halogens is 2. The normalized spacial score (nSPS) is 15.3. The summed E-state index contributed by atoms with van der Waals surface area (Å²) in [6.07, 6.45) is -3.04. The van der Waals surface area contributed by atoms with Crippen molar-refractivity contribution in [3.8, 4) is 0 Å². The second-order valence-electron chi connectivity index (χ2n) is 5.08. The average Bonchev–Trinajstić information content (AvgIpc) is 2.14. The molecule has 0 aliphatic carbocycles. The molecule has 18 heavy (non-hydrogen) atoms. The minimum absolute atomic E-state index is 0.143. The molecular weight excluding hydrogens is 244 g/mol. The number of alkyl halides is 2. The highest BCUT2D eigenvalue weighted by atomic mass is 19.3. The molecule has 0 bridgehead atoms. The number of ether oxygens (including phenoxy) is 1. The van der Waals surface area contributed by atoms with Gasteiger partial charge in [0.15, 0.2) is 0 Å². The fraction of sp³-hybridized carbons (Fsp3) is 0.909. The molecule has 0 aromatic carbocycles. The molecule has 0 saturated heterocycles. The van der Waals surface area contributed by atoms with Gasteiger partial charge >= 0.3 is 6.09 Å². The fourth-order valence-electron chi connectivity index (χ4n) is 1.30. The fourth-order valence-corrected chi connectivity index (χ4v) is 1.30. The molecule has 0 aromatic rings. The quantitative estimate of drug-likeness (QED) is 0.673. The van der Waals surface area contributed by atoms with E-state index in [0.717, 1.165) is 0 Å². The summed E-state index contributed by atoms with van der Waals surface area (Å²) in [4.78, 5) is 11.5. The predicted molar refractivity (Wildman–Crippen MR) is 65.7 cm³/mol. The summed E-state index contributed by atoms with van der Waals surface area (Å²) < 4.78 is 29.2. The number of amides is 1. The van der Waals surface area contributed by atoms with E-state index in [1.54, 1.807) is 27.7 Å². The van der Waals surface area contributed by atoms with Crippen molar-refractivity contribution in [3.63, 3.8) is 0 Å². The maximum absolute atomic E-state index is 12.1. The lowest BCUT2D eigenvalue weighted by Crippen LogP contribution is -2.53. The Bertz CT molecular complexity index is 257. The highest BCUT2D eigenvalue weighted by Gasteiger charge is 2.22. The molecule has 0 aromatic heterocycles. The zero-order valence-electron chi connectivity index (χ0n) is 11.3. The van der Waals surface area contributed by atoms with Gasteiger partial charge in [0.1, 0.15) is 5.60 Å². The van der Waals surface area contributed by atoms with E-state index in [4.69, 9.17) is 10.5 Å². The van der Waals surface area contributed by atoms with Gasteiger partial charge in [0.05, 0.1) is 6.54 Å². The summed E-state index contributed by atoms with van der Waals surface area (Å²) in [5, 5.41) is 5.15. The number of alkyl carbamates (subject to hydrolysis) is 1. The van der Waals surface area contributed by atoms with Gasteiger partial charge in [-0.1, -0.05) is 0 Å². The summed E-state index contributed by atoms with van der Waals surface area (Å²) in [6.45, 7) is 6.60. The number of rotatable bonds is 6. The molecule has 0 heterocycles. The predicted octanol–water partition coefficient (Wildman–Crippen LogP) is 1.08. The van der Waals surface area contributed by atoms with E-state index >= 15 is 0 Å². The lowest BCUT2D eigenvalue weighted by atomic mass is 10.1. The summed E-state index contributed by atoms with van der Waals surface area (Å²) in [7, 11) is 0. The van der Waals surface area contributed by atoms with Gasteiger partial charge in [0.25, 0.3) is 6.43 Å². The van der Waals surface area contributed by atoms with Crippen LogP contribution in [-0.2, 0) is 4.74 Å². The van der Waals surface area contributed by atoms with E-state index < -0.39 is 36.7 Å². The van der Waals surface area contributed by atoms with Crippen molar-refractivity contribution < 1.29 is 18.3 Å². The Morgan fingerprint density at radius 3 is 2.33 bits per heavy atom. The molecule has 4 N–H and O–H groups in total. The summed E-state index contributed by atoms with van der Waals surface area (Å²) >= 11 is 0. The van der Waals surface area contributed by atoms with E-state index in [1.807, 2.05) is 0 Å². The van der Waals surface area contributed by atoms with Crippen LogP contribution in [0.3, 0.4) is 0 Å². The van der Waals surface area contributed by atoms with Crippen molar-refractivity contribution in [2.24, 2.45) is 5.73 Å². The SMILES string of the molecule is CC(NC(=O)OC(C)(C)C)C(CN)NCC(F)F. The Morgan fingerprint density at radius 1 is 1.39 bits per heavy atom. The first-order valence-electron chi connectivity index (χ1n) is 5.87. The van der Waals surface area contributed by atoms with E-state index in [9.17, 15) is 13.6 Å². The molecule has 2 unspecified atom stereocenters. The Kier molecular flexibility index (Phi) is 7.08. The minimum Gasteiger partial charge on any atom is -0.444 e. The molecule has 7 heteroatoms. The van der Waals surface area contributed by atoms with Crippen molar-refractivity contribution in [2.45, 2.75) is 51.8 Å². The summed E-state index contributed by atoms with van der Waals surface area (Å²) in [5.41, 5.74) is 4.86. The zero-order chi connectivity index (χ0) is 14.3. The molecule has 0 fully saturated rings. The third-order valence-electron chi connectivity index (χ3n) is 2.14. The number of carbonyl (C=O) groups is 1. The third kappa shape index (κ3) is 8.19. The van der Waals surface area contributed by atoms with Crippen LogP contribution in [-0.4, -0.2) is 43.3 Å². The van der Waals surface area contributed by atoms with Crippen LogP contribution in [0.1, 0.15) is 27.7 Å². The monoisotopic (exact) mass is 267 g/mol. The zero-order valence-corrected chi connectivity index (χ0v) is 11.3. The first-order valence-corrected chi connectivity index (χ1v) is 5.87. The van der Waals surface area contributed by atoms with Gasteiger partial charge in [-0.2, -0.15) is 0 Å². The van der Waals surface area contributed by atoms with E-state index in [1.165, 1.54) is 0 Å². The highest BCUT2D eigenvalue weighted by Crippen LogP contribution is 2.07. The smallest absolute Gasteiger partial charge is 0.407 e. The van der Waals surface area contributed by atoms with Gasteiger partial charge < -0.3 is 21.1 Å². The second kappa shape index (κ2) is 7.48. The molecule has 0 aliphatic heterocycles. The molecule has 0 spiro atoms. The standard InChI is InChI=1S/C11H23F2N3O2/c1-7(8(5-14)15-6-9(12)13)16-10(17)18-11(2,3)4/h7-9,15H,5-6,14H2,1-4H3,(H,16,17). The van der Waals surface area contributed by atoms with Crippen molar-refractivity contribution in [1.82, 2.24) is 10.6 Å². The molecule has 108 valence electrons. The molecule has 1 amide bonds. The lowest BCUT2D eigenvalue weighted by molar-refractivity contribution is 0.0496. The van der Waals surface area contributed by atoms with Crippen molar-refractivity contribution in [3.05, 3.63) is 0 Å². The Labute approximate surface area is 106 Å². The maximum atomic E-state index is 12.1. The topological polar surface area (TPSA) is 76.4 Å². The van der Waals surface area contributed by atoms with Crippen molar-refractivity contribution >= 4 is 6.09 Å². The largest absolute Gasteiger partial charge is 0.444 e. The highest BCUT2D eigenvalue weighted by molar-refractivity contribution is 5.68. The number of carbonyl (C=O) groups excluding carboxylic acids is 1. The van der Waals surface area contributed by atoms with E-state index in [0.29, 0.717) is 0 Å². The molecule has 0 aliphatic rings. The van der Waals surface area contributed by atoms with Crippen LogP contribution in [0.2, 0.25) is 0 Å². The third-order valence-corrected chi connectivity index (χ3v) is 2.14. The molecule has 5 nitrogen and oxygen atoms in total. The van der Waals surface area contributed by atoms with Gasteiger partial charge in [0.2, 0.25) is 0 Å². The minimum atomic E-state index is -2.45. The number of nitrogens with one attached hydrogen (secondary N) is 2. The summed E-state index contributed by atoms with van der Waals surface area (Å²) in [6, 6.07) is -0.824. The molecule has 0 saturated carbocycles. The lowest BCUT2D eigenvalue weighted by Gasteiger charge is -2.26. The van der Waals surface area contributed by atoms with Crippen LogP contribution in [0, 0.1) is 0 Å². The molecular formula is C11H23F2N3O2. The number of hydrogen-bond acceptors (Lipinski definition) is 4. The second-order valence-corrected chi connectivity index (χ2v) is 5.08. The molecule has 0 radical (unpaired) electrons. The van der Waals surface area contributed by atoms with E-state index in [2.05, 4.69) is 10.6 Å². The molecule has 2 atom stereocenters. The van der Waals surface area contributed by atoms with Gasteiger partial charge in [-0.05, 0) is 27.7 Å². The van der Waals surface area contributed by atoms with Crippen molar-refractivity contribution in [2.75, 3.05) is 13.1 Å². The van der Waals surface area contributed by atoms with Gasteiger partial charge in [-0.15, -0.1) is 0 Å². The summed E-state index contributed by atoms with van der Waals surface area (Å²) in [5.74, 6) is 0. The van der Waals surface area contributed by atoms with Crippen molar-refractivity contribution in [1.29, 1.82) is 0 Å². The Hall–Kier alpha value is -0.950. The number of hydrogen-bond donors (Lipinski definition) is 3. The Morgan fingerprint density at radius 2 is 1.94 bits per heavy atom. The van der Waals surface area contributed by atoms with Crippen LogP contribution in [0.4, 0.5) is 13.6 Å². The first-order chi connectivity index (χ1) is 8.15. The van der Waals surface area contributed by atoms with Crippen LogP contribution >= 0.6 is 0 Å².